The highest BCUT2D eigenvalue weighted by Gasteiger charge is 2.17. The van der Waals surface area contributed by atoms with Gasteiger partial charge in [-0.3, -0.25) is 14.7 Å². The van der Waals surface area contributed by atoms with Gasteiger partial charge in [-0.15, -0.1) is 0 Å². The topological polar surface area (TPSA) is 62.5 Å². The van der Waals surface area contributed by atoms with Crippen LogP contribution in [-0.2, 0) is 13.0 Å². The zero-order valence-electron chi connectivity index (χ0n) is 17.0. The molecule has 1 aliphatic heterocycles. The minimum absolute atomic E-state index is 0.217. The Morgan fingerprint density at radius 3 is 2.74 bits per heavy atom. The Bertz CT molecular complexity index is 1230. The molecule has 4 aromatic rings. The second kappa shape index (κ2) is 8.28. The Kier molecular flexibility index (Phi) is 5.18. The summed E-state index contributed by atoms with van der Waals surface area (Å²) in [5.41, 5.74) is 5.02. The molecule has 0 spiro atoms. The van der Waals surface area contributed by atoms with Gasteiger partial charge in [0, 0.05) is 50.3 Å². The number of rotatable bonds is 5. The molecule has 6 nitrogen and oxygen atoms in total. The third-order valence-electron chi connectivity index (χ3n) is 5.65. The van der Waals surface area contributed by atoms with E-state index in [1.807, 2.05) is 0 Å². The maximum atomic E-state index is 13.3. The number of fused-ring (bicyclic) bond motifs is 2. The van der Waals surface area contributed by atoms with Gasteiger partial charge in [0.25, 0.3) is 5.91 Å². The van der Waals surface area contributed by atoms with Gasteiger partial charge < -0.3 is 9.72 Å². The van der Waals surface area contributed by atoms with Gasteiger partial charge in [0.1, 0.15) is 17.2 Å². The maximum absolute atomic E-state index is 13.3. The van der Waals surface area contributed by atoms with Crippen LogP contribution in [-0.4, -0.2) is 44.8 Å². The van der Waals surface area contributed by atoms with E-state index in [9.17, 15) is 9.18 Å². The fourth-order valence-corrected chi connectivity index (χ4v) is 4.00. The van der Waals surface area contributed by atoms with Crippen molar-refractivity contribution in [2.24, 2.45) is 0 Å². The number of amides is 1. The van der Waals surface area contributed by atoms with Gasteiger partial charge in [0.15, 0.2) is 5.65 Å². The highest BCUT2D eigenvalue weighted by atomic mass is 19.1. The van der Waals surface area contributed by atoms with Crippen molar-refractivity contribution in [3.8, 4) is 11.3 Å². The lowest BCUT2D eigenvalue weighted by molar-refractivity contribution is 0.0943. The lowest BCUT2D eigenvalue weighted by Gasteiger charge is -2.28. The summed E-state index contributed by atoms with van der Waals surface area (Å²) in [6, 6.07) is 14.6. The van der Waals surface area contributed by atoms with Crippen molar-refractivity contribution < 1.29 is 9.18 Å². The average Bonchev–Trinajstić information content (AvgIpc) is 3.24. The summed E-state index contributed by atoms with van der Waals surface area (Å²) >= 11 is 0. The molecule has 1 amide bonds. The summed E-state index contributed by atoms with van der Waals surface area (Å²) in [6.45, 7) is 3.24. The van der Waals surface area contributed by atoms with E-state index in [1.165, 1.54) is 23.3 Å². The molecule has 1 N–H and O–H groups in total. The van der Waals surface area contributed by atoms with Crippen LogP contribution in [0.15, 0.2) is 67.1 Å². The van der Waals surface area contributed by atoms with Gasteiger partial charge in [-0.2, -0.15) is 0 Å². The third kappa shape index (κ3) is 4.04. The smallest absolute Gasteiger partial charge is 0.271 e. The zero-order chi connectivity index (χ0) is 21.2. The Morgan fingerprint density at radius 2 is 1.90 bits per heavy atom. The van der Waals surface area contributed by atoms with E-state index in [2.05, 4.69) is 44.5 Å². The van der Waals surface area contributed by atoms with Crippen LogP contribution in [0.25, 0.3) is 16.9 Å². The summed E-state index contributed by atoms with van der Waals surface area (Å²) in [4.78, 5) is 23.9. The first-order chi connectivity index (χ1) is 15.2. The number of benzene rings is 2. The van der Waals surface area contributed by atoms with E-state index < -0.39 is 0 Å². The van der Waals surface area contributed by atoms with Crippen molar-refractivity contribution in [1.29, 1.82) is 0 Å². The van der Waals surface area contributed by atoms with Crippen molar-refractivity contribution in [2.75, 3.05) is 19.6 Å². The van der Waals surface area contributed by atoms with Crippen molar-refractivity contribution in [3.63, 3.8) is 0 Å². The van der Waals surface area contributed by atoms with Gasteiger partial charge >= 0.3 is 0 Å². The van der Waals surface area contributed by atoms with Crippen LogP contribution in [0.1, 0.15) is 21.6 Å². The summed E-state index contributed by atoms with van der Waals surface area (Å²) in [6.07, 6.45) is 6.12. The first-order valence-electron chi connectivity index (χ1n) is 10.3. The van der Waals surface area contributed by atoms with E-state index in [0.717, 1.165) is 31.6 Å². The molecule has 2 aromatic heterocycles. The number of aromatic nitrogens is 3. The Hall–Kier alpha value is -3.58. The Balaban J connectivity index is 1.25. The number of nitrogens with zero attached hydrogens (tertiary/aromatic N) is 4. The normalized spacial score (nSPS) is 13.8. The van der Waals surface area contributed by atoms with Crippen LogP contribution in [0.2, 0.25) is 0 Å². The van der Waals surface area contributed by atoms with E-state index >= 15 is 0 Å². The quantitative estimate of drug-likeness (QED) is 0.543. The van der Waals surface area contributed by atoms with Crippen LogP contribution in [0.5, 0.6) is 0 Å². The number of carbonyl (C=O) groups is 1. The molecule has 31 heavy (non-hydrogen) atoms. The standard InChI is InChI=1S/C24H22FN5O/c25-20-7-5-18(6-8-20)22-23-28-21(16-30(23)14-11-26-22)24(31)27-10-13-29-12-9-17-3-1-2-4-19(17)15-29/h1-8,11,14,16H,9-10,12-13,15H2,(H,27,31). The Labute approximate surface area is 179 Å². The Morgan fingerprint density at radius 1 is 1.10 bits per heavy atom. The first-order valence-corrected chi connectivity index (χ1v) is 10.3. The minimum Gasteiger partial charge on any atom is -0.349 e. The molecule has 3 heterocycles. The maximum Gasteiger partial charge on any atom is 0.271 e. The molecule has 156 valence electrons. The van der Waals surface area contributed by atoms with Gasteiger partial charge in [-0.1, -0.05) is 24.3 Å². The zero-order valence-corrected chi connectivity index (χ0v) is 17.0. The molecule has 7 heteroatoms. The highest BCUT2D eigenvalue weighted by molar-refractivity contribution is 5.93. The highest BCUT2D eigenvalue weighted by Crippen LogP contribution is 2.22. The summed E-state index contributed by atoms with van der Waals surface area (Å²) in [7, 11) is 0. The van der Waals surface area contributed by atoms with Crippen LogP contribution in [0.4, 0.5) is 4.39 Å². The molecule has 0 atom stereocenters. The largest absolute Gasteiger partial charge is 0.349 e. The first kappa shape index (κ1) is 19.4. The number of hydrogen-bond donors (Lipinski definition) is 1. The van der Waals surface area contributed by atoms with Crippen LogP contribution in [0.3, 0.4) is 0 Å². The predicted molar refractivity (Wildman–Crippen MR) is 116 cm³/mol. The number of hydrogen-bond acceptors (Lipinski definition) is 4. The second-order valence-corrected chi connectivity index (χ2v) is 7.69. The lowest BCUT2D eigenvalue weighted by Crippen LogP contribution is -2.37. The molecule has 0 saturated carbocycles. The third-order valence-corrected chi connectivity index (χ3v) is 5.65. The molecule has 0 aliphatic carbocycles. The predicted octanol–water partition coefficient (Wildman–Crippen LogP) is 3.32. The molecule has 0 saturated heterocycles. The molecule has 0 radical (unpaired) electrons. The van der Waals surface area contributed by atoms with Crippen molar-refractivity contribution in [2.45, 2.75) is 13.0 Å². The average molecular weight is 415 g/mol. The van der Waals surface area contributed by atoms with Gasteiger partial charge in [0.05, 0.1) is 0 Å². The SMILES string of the molecule is O=C(NCCN1CCc2ccccc2C1)c1cn2ccnc(-c3ccc(F)cc3)c2n1. The van der Waals surface area contributed by atoms with Crippen LogP contribution in [0, 0.1) is 5.82 Å². The number of nitrogens with one attached hydrogen (secondary N) is 1. The van der Waals surface area contributed by atoms with E-state index in [0.29, 0.717) is 23.6 Å². The molecule has 0 fully saturated rings. The fourth-order valence-electron chi connectivity index (χ4n) is 4.00. The molecule has 0 unspecified atom stereocenters. The minimum atomic E-state index is -0.309. The lowest BCUT2D eigenvalue weighted by atomic mass is 10.00. The summed E-state index contributed by atoms with van der Waals surface area (Å²) in [5, 5.41) is 2.97. The van der Waals surface area contributed by atoms with Crippen molar-refractivity contribution >= 4 is 11.6 Å². The number of imidazole rings is 1. The number of halogens is 1. The fraction of sp³-hybridized carbons (Fsp3) is 0.208. The summed E-state index contributed by atoms with van der Waals surface area (Å²) < 4.78 is 15.0. The second-order valence-electron chi connectivity index (χ2n) is 7.69. The number of carbonyl (C=O) groups excluding carboxylic acids is 1. The molecule has 5 rings (SSSR count). The molecular formula is C24H22FN5O. The van der Waals surface area contributed by atoms with E-state index in [-0.39, 0.29) is 11.7 Å². The molecule has 0 bridgehead atoms. The molecule has 2 aromatic carbocycles. The van der Waals surface area contributed by atoms with Gasteiger partial charge in [-0.25, -0.2) is 9.37 Å². The van der Waals surface area contributed by atoms with Crippen molar-refractivity contribution in [1.82, 2.24) is 24.6 Å². The van der Waals surface area contributed by atoms with E-state index in [4.69, 9.17) is 0 Å². The van der Waals surface area contributed by atoms with Gasteiger partial charge in [-0.05, 0) is 41.8 Å². The van der Waals surface area contributed by atoms with Crippen LogP contribution < -0.4 is 5.32 Å². The molecular weight excluding hydrogens is 393 g/mol. The van der Waals surface area contributed by atoms with Gasteiger partial charge in [0.2, 0.25) is 0 Å². The summed E-state index contributed by atoms with van der Waals surface area (Å²) in [5.74, 6) is -0.525. The monoisotopic (exact) mass is 415 g/mol. The van der Waals surface area contributed by atoms with Crippen molar-refractivity contribution in [3.05, 3.63) is 89.8 Å². The van der Waals surface area contributed by atoms with E-state index in [1.54, 1.807) is 35.1 Å². The van der Waals surface area contributed by atoms with Crippen LogP contribution >= 0.6 is 0 Å². The molecule has 1 aliphatic rings.